The van der Waals surface area contributed by atoms with E-state index < -0.39 is 0 Å². The Morgan fingerprint density at radius 1 is 1.28 bits per heavy atom. The van der Waals surface area contributed by atoms with Gasteiger partial charge in [0.05, 0.1) is 17.3 Å². The average molecular weight is 239 g/mol. The van der Waals surface area contributed by atoms with Crippen molar-refractivity contribution < 1.29 is 4.74 Å². The molecule has 0 aliphatic heterocycles. The van der Waals surface area contributed by atoms with E-state index in [2.05, 4.69) is 11.1 Å². The maximum atomic E-state index is 8.86. The van der Waals surface area contributed by atoms with Crippen molar-refractivity contribution in [2.45, 2.75) is 13.8 Å². The zero-order valence-corrected chi connectivity index (χ0v) is 10.3. The van der Waals surface area contributed by atoms with Crippen molar-refractivity contribution in [1.82, 2.24) is 4.98 Å². The summed E-state index contributed by atoms with van der Waals surface area (Å²) in [5.74, 6) is 0.955. The van der Waals surface area contributed by atoms with Crippen molar-refractivity contribution in [1.29, 1.82) is 5.26 Å². The lowest BCUT2D eigenvalue weighted by atomic mass is 10.1. The number of aromatic nitrogens is 1. The normalized spacial score (nSPS) is 9.83. The van der Waals surface area contributed by atoms with E-state index >= 15 is 0 Å². The molecule has 1 aromatic heterocycles. The lowest BCUT2D eigenvalue weighted by Crippen LogP contribution is -1.97. The van der Waals surface area contributed by atoms with E-state index in [-0.39, 0.29) is 0 Å². The van der Waals surface area contributed by atoms with Gasteiger partial charge in [-0.15, -0.1) is 0 Å². The fourth-order valence-electron chi connectivity index (χ4n) is 1.55. The highest BCUT2D eigenvalue weighted by molar-refractivity contribution is 5.52. The predicted octanol–water partition coefficient (Wildman–Crippen LogP) is 2.94. The van der Waals surface area contributed by atoms with Crippen LogP contribution in [0.1, 0.15) is 16.7 Å². The first-order valence-electron chi connectivity index (χ1n) is 5.51. The SMILES string of the molecule is Cc1cnc(Oc2cc(C#N)ccc2C)c(N)c1. The van der Waals surface area contributed by atoms with Gasteiger partial charge in [0.2, 0.25) is 5.88 Å². The topological polar surface area (TPSA) is 71.9 Å². The monoisotopic (exact) mass is 239 g/mol. The van der Waals surface area contributed by atoms with Crippen LogP contribution in [0.5, 0.6) is 11.6 Å². The number of nitrogens with two attached hydrogens (primary N) is 1. The van der Waals surface area contributed by atoms with Gasteiger partial charge in [-0.2, -0.15) is 5.26 Å². The van der Waals surface area contributed by atoms with Crippen LogP contribution in [-0.2, 0) is 0 Å². The fraction of sp³-hybridized carbons (Fsp3) is 0.143. The minimum atomic E-state index is 0.360. The lowest BCUT2D eigenvalue weighted by Gasteiger charge is -2.10. The molecule has 0 aliphatic rings. The molecule has 0 saturated heterocycles. The Labute approximate surface area is 106 Å². The molecule has 0 amide bonds. The number of hydrogen-bond donors (Lipinski definition) is 1. The Morgan fingerprint density at radius 3 is 2.72 bits per heavy atom. The van der Waals surface area contributed by atoms with Gasteiger partial charge in [0.15, 0.2) is 0 Å². The van der Waals surface area contributed by atoms with Gasteiger partial charge in [-0.3, -0.25) is 0 Å². The van der Waals surface area contributed by atoms with Crippen LogP contribution < -0.4 is 10.5 Å². The summed E-state index contributed by atoms with van der Waals surface area (Å²) in [6.07, 6.45) is 1.69. The smallest absolute Gasteiger partial charge is 0.242 e. The van der Waals surface area contributed by atoms with Crippen molar-refractivity contribution in [3.8, 4) is 17.7 Å². The van der Waals surface area contributed by atoms with Crippen molar-refractivity contribution in [3.63, 3.8) is 0 Å². The van der Waals surface area contributed by atoms with Gasteiger partial charge in [0, 0.05) is 6.20 Å². The molecular formula is C14H13N3O. The number of aryl methyl sites for hydroxylation is 2. The average Bonchev–Trinajstić information content (AvgIpc) is 2.35. The van der Waals surface area contributed by atoms with Crippen LogP contribution in [0.2, 0.25) is 0 Å². The van der Waals surface area contributed by atoms with Crippen molar-refractivity contribution in [2.75, 3.05) is 5.73 Å². The predicted molar refractivity (Wildman–Crippen MR) is 69.4 cm³/mol. The molecule has 0 unspecified atom stereocenters. The number of ether oxygens (including phenoxy) is 1. The van der Waals surface area contributed by atoms with Gasteiger partial charge in [0.1, 0.15) is 5.75 Å². The summed E-state index contributed by atoms with van der Waals surface area (Å²) in [5, 5.41) is 8.86. The number of anilines is 1. The van der Waals surface area contributed by atoms with Crippen molar-refractivity contribution in [3.05, 3.63) is 47.2 Å². The molecular weight excluding hydrogens is 226 g/mol. The number of pyridine rings is 1. The second kappa shape index (κ2) is 4.76. The Kier molecular flexibility index (Phi) is 3.16. The van der Waals surface area contributed by atoms with Gasteiger partial charge in [-0.05, 0) is 43.2 Å². The number of nitrogen functional groups attached to an aromatic ring is 1. The van der Waals surface area contributed by atoms with Crippen LogP contribution in [0.3, 0.4) is 0 Å². The largest absolute Gasteiger partial charge is 0.437 e. The third-order valence-corrected chi connectivity index (χ3v) is 2.54. The molecule has 0 fully saturated rings. The van der Waals surface area contributed by atoms with Crippen LogP contribution in [0, 0.1) is 25.2 Å². The highest BCUT2D eigenvalue weighted by Crippen LogP contribution is 2.28. The van der Waals surface area contributed by atoms with Gasteiger partial charge in [0.25, 0.3) is 0 Å². The van der Waals surface area contributed by atoms with E-state index in [0.29, 0.717) is 22.9 Å². The molecule has 4 nitrogen and oxygen atoms in total. The van der Waals surface area contributed by atoms with E-state index in [1.807, 2.05) is 19.9 Å². The number of rotatable bonds is 2. The van der Waals surface area contributed by atoms with Crippen LogP contribution >= 0.6 is 0 Å². The maximum absolute atomic E-state index is 8.86. The summed E-state index contributed by atoms with van der Waals surface area (Å²) in [4.78, 5) is 4.14. The Hall–Kier alpha value is -2.54. The molecule has 4 heteroatoms. The van der Waals surface area contributed by atoms with E-state index in [0.717, 1.165) is 11.1 Å². The highest BCUT2D eigenvalue weighted by atomic mass is 16.5. The van der Waals surface area contributed by atoms with E-state index in [1.165, 1.54) is 0 Å². The summed E-state index contributed by atoms with van der Waals surface area (Å²) in [5.41, 5.74) is 8.76. The summed E-state index contributed by atoms with van der Waals surface area (Å²) in [6.45, 7) is 3.82. The van der Waals surface area contributed by atoms with E-state index in [4.69, 9.17) is 15.7 Å². The molecule has 2 aromatic rings. The third kappa shape index (κ3) is 2.41. The first-order valence-corrected chi connectivity index (χ1v) is 5.51. The Balaban J connectivity index is 2.37. The minimum Gasteiger partial charge on any atom is -0.437 e. The van der Waals surface area contributed by atoms with Crippen molar-refractivity contribution in [2.24, 2.45) is 0 Å². The molecule has 2 N–H and O–H groups in total. The van der Waals surface area contributed by atoms with Crippen molar-refractivity contribution >= 4 is 5.69 Å². The molecule has 0 aliphatic carbocycles. The second-order valence-corrected chi connectivity index (χ2v) is 4.10. The van der Waals surface area contributed by atoms with Gasteiger partial charge in [-0.1, -0.05) is 6.07 Å². The zero-order valence-electron chi connectivity index (χ0n) is 10.3. The quantitative estimate of drug-likeness (QED) is 0.874. The first-order chi connectivity index (χ1) is 8.60. The van der Waals surface area contributed by atoms with E-state index in [1.54, 1.807) is 24.4 Å². The Morgan fingerprint density at radius 2 is 2.06 bits per heavy atom. The van der Waals surface area contributed by atoms with Gasteiger partial charge < -0.3 is 10.5 Å². The van der Waals surface area contributed by atoms with Crippen LogP contribution in [0.4, 0.5) is 5.69 Å². The fourth-order valence-corrected chi connectivity index (χ4v) is 1.55. The molecule has 2 rings (SSSR count). The molecule has 0 bridgehead atoms. The van der Waals surface area contributed by atoms with Crippen LogP contribution in [0.15, 0.2) is 30.5 Å². The van der Waals surface area contributed by atoms with Gasteiger partial charge in [-0.25, -0.2) is 4.98 Å². The second-order valence-electron chi connectivity index (χ2n) is 4.10. The number of nitrogens with zero attached hydrogens (tertiary/aromatic N) is 2. The summed E-state index contributed by atoms with van der Waals surface area (Å²) in [7, 11) is 0. The summed E-state index contributed by atoms with van der Waals surface area (Å²) < 4.78 is 5.65. The van der Waals surface area contributed by atoms with E-state index in [9.17, 15) is 0 Å². The first kappa shape index (κ1) is 11.9. The molecule has 0 saturated carbocycles. The standard InChI is InChI=1S/C14H13N3O/c1-9-5-12(16)14(17-8-9)18-13-6-11(7-15)4-3-10(13)2/h3-6,8H,16H2,1-2H3. The highest BCUT2D eigenvalue weighted by Gasteiger charge is 2.07. The summed E-state index contributed by atoms with van der Waals surface area (Å²) >= 11 is 0. The van der Waals surface area contributed by atoms with Crippen LogP contribution in [-0.4, -0.2) is 4.98 Å². The maximum Gasteiger partial charge on any atom is 0.242 e. The molecule has 1 aromatic carbocycles. The molecule has 0 spiro atoms. The lowest BCUT2D eigenvalue weighted by molar-refractivity contribution is 0.461. The molecule has 1 heterocycles. The molecule has 90 valence electrons. The minimum absolute atomic E-state index is 0.360. The molecule has 0 radical (unpaired) electrons. The third-order valence-electron chi connectivity index (χ3n) is 2.54. The van der Waals surface area contributed by atoms with Crippen LogP contribution in [0.25, 0.3) is 0 Å². The van der Waals surface area contributed by atoms with Gasteiger partial charge >= 0.3 is 0 Å². The number of hydrogen-bond acceptors (Lipinski definition) is 4. The number of nitriles is 1. The zero-order chi connectivity index (χ0) is 13.1. The molecule has 18 heavy (non-hydrogen) atoms. The number of benzene rings is 1. The summed E-state index contributed by atoms with van der Waals surface area (Å²) in [6, 6.07) is 9.12. The Bertz CT molecular complexity index is 629. The molecule has 0 atom stereocenters.